The molecule has 0 aliphatic heterocycles. The Morgan fingerprint density at radius 3 is 2.44 bits per heavy atom. The Morgan fingerprint density at radius 2 is 1.89 bits per heavy atom. The number of halogens is 1. The lowest BCUT2D eigenvalue weighted by molar-refractivity contribution is -0.130. The van der Waals surface area contributed by atoms with E-state index in [1.54, 1.807) is 25.1 Å². The second-order valence-corrected chi connectivity index (χ2v) is 7.36. The number of rotatable bonds is 5. The maximum atomic E-state index is 12.9. The summed E-state index contributed by atoms with van der Waals surface area (Å²) in [6, 6.07) is 14.5. The van der Waals surface area contributed by atoms with Gasteiger partial charge in [0.1, 0.15) is 0 Å². The van der Waals surface area contributed by atoms with Crippen LogP contribution < -0.4 is 5.32 Å². The van der Waals surface area contributed by atoms with Crippen LogP contribution in [-0.4, -0.2) is 16.6 Å². The third-order valence-corrected chi connectivity index (χ3v) is 4.66. The lowest BCUT2D eigenvalue weighted by Gasteiger charge is -2.32. The highest BCUT2D eigenvalue weighted by atomic mass is 35.5. The predicted molar refractivity (Wildman–Crippen MR) is 111 cm³/mol. The number of terminal acetylenes is 1. The van der Waals surface area contributed by atoms with Crippen molar-refractivity contribution in [3.05, 3.63) is 64.7 Å². The third kappa shape index (κ3) is 4.92. The van der Waals surface area contributed by atoms with Gasteiger partial charge in [0.25, 0.3) is 5.91 Å². The van der Waals surface area contributed by atoms with Gasteiger partial charge in [-0.2, -0.15) is 0 Å². The van der Waals surface area contributed by atoms with E-state index in [4.69, 9.17) is 18.0 Å². The van der Waals surface area contributed by atoms with Gasteiger partial charge in [0.15, 0.2) is 0 Å². The fraction of sp³-hybridized carbons (Fsp3) is 0.261. The van der Waals surface area contributed by atoms with Gasteiger partial charge in [-0.15, -0.1) is 12.3 Å². The van der Waals surface area contributed by atoms with Gasteiger partial charge in [0.05, 0.1) is 5.02 Å². The van der Waals surface area contributed by atoms with Crippen molar-refractivity contribution in [2.24, 2.45) is 0 Å². The highest BCUT2D eigenvalue weighted by Crippen LogP contribution is 2.33. The smallest absolute Gasteiger partial charge is 0.269 e. The highest BCUT2D eigenvalue weighted by Gasteiger charge is 2.40. The molecule has 0 fully saturated rings. The van der Waals surface area contributed by atoms with E-state index in [1.807, 2.05) is 44.2 Å². The fourth-order valence-electron chi connectivity index (χ4n) is 2.96. The van der Waals surface area contributed by atoms with E-state index in [0.717, 1.165) is 5.56 Å². The first kappa shape index (κ1) is 20.6. The van der Waals surface area contributed by atoms with Crippen LogP contribution >= 0.6 is 11.6 Å². The minimum atomic E-state index is -1.86. The van der Waals surface area contributed by atoms with Crippen molar-refractivity contribution in [3.8, 4) is 24.2 Å². The molecular weight excluding hydrogens is 358 g/mol. The molecule has 0 aliphatic carbocycles. The van der Waals surface area contributed by atoms with Gasteiger partial charge < -0.3 is 10.4 Å². The molecule has 1 amide bonds. The van der Waals surface area contributed by atoms with Gasteiger partial charge >= 0.3 is 0 Å². The summed E-state index contributed by atoms with van der Waals surface area (Å²) in [7, 11) is 0. The van der Waals surface area contributed by atoms with E-state index in [9.17, 15) is 9.90 Å². The molecule has 0 bridgehead atoms. The van der Waals surface area contributed by atoms with Crippen LogP contribution in [0.2, 0.25) is 5.02 Å². The molecular formula is C23H22ClNO2. The van der Waals surface area contributed by atoms with Crippen LogP contribution in [0.1, 0.15) is 38.3 Å². The summed E-state index contributed by atoms with van der Waals surface area (Å²) >= 11 is 6.09. The van der Waals surface area contributed by atoms with Gasteiger partial charge in [-0.1, -0.05) is 67.6 Å². The lowest BCUT2D eigenvalue weighted by Crippen LogP contribution is -2.46. The van der Waals surface area contributed by atoms with Crippen molar-refractivity contribution in [2.75, 3.05) is 5.32 Å². The SMILES string of the molecule is C#Cc1ccc(NC(=O)C(O)(C#CC)CC(C)(C)c2ccccc2)cc1Cl. The first-order valence-corrected chi connectivity index (χ1v) is 8.89. The summed E-state index contributed by atoms with van der Waals surface area (Å²) in [6.07, 6.45) is 5.49. The molecule has 0 radical (unpaired) electrons. The Balaban J connectivity index is 2.29. The van der Waals surface area contributed by atoms with Gasteiger partial charge in [0, 0.05) is 17.7 Å². The second kappa shape index (κ2) is 8.31. The normalized spacial score (nSPS) is 12.9. The molecule has 0 aromatic heterocycles. The number of anilines is 1. The highest BCUT2D eigenvalue weighted by molar-refractivity contribution is 6.32. The van der Waals surface area contributed by atoms with Crippen LogP contribution in [0.15, 0.2) is 48.5 Å². The zero-order chi connectivity index (χ0) is 20.1. The first-order chi connectivity index (χ1) is 12.7. The Hall–Kier alpha value is -2.72. The number of hydrogen-bond acceptors (Lipinski definition) is 2. The molecule has 2 aromatic rings. The third-order valence-electron chi connectivity index (χ3n) is 4.34. The van der Waals surface area contributed by atoms with Crippen molar-refractivity contribution >= 4 is 23.2 Å². The molecule has 4 heteroatoms. The number of nitrogens with one attached hydrogen (secondary N) is 1. The summed E-state index contributed by atoms with van der Waals surface area (Å²) in [5.41, 5.74) is -0.343. The van der Waals surface area contributed by atoms with Gasteiger partial charge in [0.2, 0.25) is 5.60 Å². The molecule has 27 heavy (non-hydrogen) atoms. The van der Waals surface area contributed by atoms with Crippen molar-refractivity contribution in [2.45, 2.75) is 38.2 Å². The summed E-state index contributed by atoms with van der Waals surface area (Å²) in [5.74, 6) is 7.19. The largest absolute Gasteiger partial charge is 0.369 e. The topological polar surface area (TPSA) is 49.3 Å². The molecule has 1 atom stereocenters. The molecule has 1 unspecified atom stereocenters. The molecule has 138 valence electrons. The Bertz CT molecular complexity index is 932. The first-order valence-electron chi connectivity index (χ1n) is 8.51. The maximum absolute atomic E-state index is 12.9. The van der Waals surface area contributed by atoms with Gasteiger partial charge in [-0.25, -0.2) is 0 Å². The summed E-state index contributed by atoms with van der Waals surface area (Å²) in [5, 5.41) is 14.1. The number of hydrogen-bond donors (Lipinski definition) is 2. The van der Waals surface area contributed by atoms with Crippen molar-refractivity contribution in [1.29, 1.82) is 0 Å². The van der Waals surface area contributed by atoms with Crippen LogP contribution in [0.5, 0.6) is 0 Å². The molecule has 3 nitrogen and oxygen atoms in total. The number of benzene rings is 2. The minimum absolute atomic E-state index is 0.132. The van der Waals surface area contributed by atoms with E-state index >= 15 is 0 Å². The zero-order valence-electron chi connectivity index (χ0n) is 15.6. The van der Waals surface area contributed by atoms with Gasteiger partial charge in [-0.3, -0.25) is 4.79 Å². The maximum Gasteiger partial charge on any atom is 0.269 e. The summed E-state index contributed by atoms with van der Waals surface area (Å²) < 4.78 is 0. The van der Waals surface area contributed by atoms with Crippen LogP contribution in [-0.2, 0) is 10.2 Å². The van der Waals surface area contributed by atoms with E-state index in [1.165, 1.54) is 0 Å². The zero-order valence-corrected chi connectivity index (χ0v) is 16.4. The summed E-state index contributed by atoms with van der Waals surface area (Å²) in [4.78, 5) is 12.9. The van der Waals surface area contributed by atoms with Crippen molar-refractivity contribution < 1.29 is 9.90 Å². The second-order valence-electron chi connectivity index (χ2n) is 6.96. The molecule has 2 N–H and O–H groups in total. The van der Waals surface area contributed by atoms with Gasteiger partial charge in [-0.05, 0) is 36.1 Å². The Morgan fingerprint density at radius 1 is 1.22 bits per heavy atom. The van der Waals surface area contributed by atoms with E-state index in [-0.39, 0.29) is 6.42 Å². The molecule has 0 saturated carbocycles. The molecule has 0 heterocycles. The standard InChI is InChI=1S/C23H22ClNO2/c1-5-14-23(27,16-22(3,4)18-10-8-7-9-11-18)21(26)25-19-13-12-17(6-2)20(24)15-19/h2,7-13,15,27H,16H2,1,3-4H3,(H,25,26). The van der Waals surface area contributed by atoms with Crippen LogP contribution in [0.25, 0.3) is 0 Å². The van der Waals surface area contributed by atoms with Crippen molar-refractivity contribution in [3.63, 3.8) is 0 Å². The molecule has 0 spiro atoms. The molecule has 0 aliphatic rings. The number of carbonyl (C=O) groups excluding carboxylic acids is 1. The molecule has 0 saturated heterocycles. The van der Waals surface area contributed by atoms with Crippen molar-refractivity contribution in [1.82, 2.24) is 0 Å². The van der Waals surface area contributed by atoms with E-state index < -0.39 is 16.9 Å². The minimum Gasteiger partial charge on any atom is -0.369 e. The summed E-state index contributed by atoms with van der Waals surface area (Å²) in [6.45, 7) is 5.53. The number of aliphatic hydroxyl groups is 1. The van der Waals surface area contributed by atoms with Crippen LogP contribution in [0, 0.1) is 24.2 Å². The quantitative estimate of drug-likeness (QED) is 0.757. The number of carbonyl (C=O) groups is 1. The lowest BCUT2D eigenvalue weighted by atomic mass is 9.75. The van der Waals surface area contributed by atoms with E-state index in [2.05, 4.69) is 23.1 Å². The Labute approximate surface area is 165 Å². The average molecular weight is 380 g/mol. The Kier molecular flexibility index (Phi) is 6.34. The molecule has 2 aromatic carbocycles. The van der Waals surface area contributed by atoms with Crippen LogP contribution in [0.4, 0.5) is 5.69 Å². The monoisotopic (exact) mass is 379 g/mol. The van der Waals surface area contributed by atoms with E-state index in [0.29, 0.717) is 16.3 Å². The van der Waals surface area contributed by atoms with Crippen LogP contribution in [0.3, 0.4) is 0 Å². The molecule has 2 rings (SSSR count). The fourth-order valence-corrected chi connectivity index (χ4v) is 3.20. The average Bonchev–Trinajstić information content (AvgIpc) is 2.62. The number of amides is 1. The predicted octanol–water partition coefficient (Wildman–Crippen LogP) is 4.38.